The van der Waals surface area contributed by atoms with Gasteiger partial charge in [0.15, 0.2) is 0 Å². The zero-order valence-corrected chi connectivity index (χ0v) is 13.2. The molecule has 128 valence electrons. The summed E-state index contributed by atoms with van der Waals surface area (Å²) in [6.07, 6.45) is -3.73. The zero-order valence-electron chi connectivity index (χ0n) is 12.5. The lowest BCUT2D eigenvalue weighted by molar-refractivity contribution is -0.142. The van der Waals surface area contributed by atoms with Gasteiger partial charge in [0.2, 0.25) is 0 Å². The Balaban J connectivity index is 2.39. The summed E-state index contributed by atoms with van der Waals surface area (Å²) in [5, 5.41) is 5.56. The summed E-state index contributed by atoms with van der Waals surface area (Å²) in [5.74, 6) is -0.233. The van der Waals surface area contributed by atoms with Gasteiger partial charge in [-0.2, -0.15) is 13.2 Å². The van der Waals surface area contributed by atoms with Crippen LogP contribution in [0, 0.1) is 0 Å². The molecular formula is C14H17ClF3N3O2. The van der Waals surface area contributed by atoms with Crippen molar-refractivity contribution in [1.82, 2.24) is 10.3 Å². The standard InChI is InChI=1S/C14H17ClF3N3O2/c1-3-23-12(22)6-9(2)19-4-5-20-13-11(15)7-10(8-21-13)14(16,17)18/h7-8,19H,2-6H2,1H3,(H,20,21). The van der Waals surface area contributed by atoms with Crippen LogP contribution < -0.4 is 10.6 Å². The van der Waals surface area contributed by atoms with Crippen LogP contribution in [-0.4, -0.2) is 30.6 Å². The number of ether oxygens (including phenoxy) is 1. The predicted octanol–water partition coefficient (Wildman–Crippen LogP) is 3.22. The molecule has 0 saturated heterocycles. The van der Waals surface area contributed by atoms with Crippen molar-refractivity contribution >= 4 is 23.4 Å². The van der Waals surface area contributed by atoms with E-state index in [1.54, 1.807) is 6.92 Å². The molecule has 0 aromatic carbocycles. The van der Waals surface area contributed by atoms with Crippen LogP contribution in [0.1, 0.15) is 18.9 Å². The van der Waals surface area contributed by atoms with E-state index in [0.717, 1.165) is 6.07 Å². The third-order valence-corrected chi connectivity index (χ3v) is 2.91. The maximum absolute atomic E-state index is 12.5. The van der Waals surface area contributed by atoms with Crippen LogP contribution in [0.2, 0.25) is 5.02 Å². The number of carbonyl (C=O) groups is 1. The van der Waals surface area contributed by atoms with Crippen LogP contribution in [0.5, 0.6) is 0 Å². The predicted molar refractivity (Wildman–Crippen MR) is 81.1 cm³/mol. The number of esters is 1. The maximum Gasteiger partial charge on any atom is 0.417 e. The number of nitrogens with zero attached hydrogens (tertiary/aromatic N) is 1. The Morgan fingerprint density at radius 2 is 2.13 bits per heavy atom. The first-order valence-electron chi connectivity index (χ1n) is 6.78. The first-order valence-corrected chi connectivity index (χ1v) is 7.15. The Kier molecular flexibility index (Phi) is 7.15. The molecule has 0 amide bonds. The van der Waals surface area contributed by atoms with E-state index >= 15 is 0 Å². The average Bonchev–Trinajstić information content (AvgIpc) is 2.44. The number of rotatable bonds is 8. The van der Waals surface area contributed by atoms with Gasteiger partial charge in [-0.1, -0.05) is 18.2 Å². The molecule has 1 heterocycles. The molecule has 0 spiro atoms. The Morgan fingerprint density at radius 1 is 1.43 bits per heavy atom. The molecular weight excluding hydrogens is 335 g/mol. The number of aromatic nitrogens is 1. The van der Waals surface area contributed by atoms with Crippen LogP contribution in [0.25, 0.3) is 0 Å². The summed E-state index contributed by atoms with van der Waals surface area (Å²) in [7, 11) is 0. The van der Waals surface area contributed by atoms with E-state index in [0.29, 0.717) is 31.6 Å². The Morgan fingerprint density at radius 3 is 2.70 bits per heavy atom. The molecule has 0 fully saturated rings. The largest absolute Gasteiger partial charge is 0.466 e. The smallest absolute Gasteiger partial charge is 0.417 e. The number of anilines is 1. The van der Waals surface area contributed by atoms with Gasteiger partial charge in [0.1, 0.15) is 5.82 Å². The summed E-state index contributed by atoms with van der Waals surface area (Å²) in [6, 6.07) is 0.810. The fraction of sp³-hybridized carbons (Fsp3) is 0.429. The average molecular weight is 352 g/mol. The second kappa shape index (κ2) is 8.61. The van der Waals surface area contributed by atoms with Crippen molar-refractivity contribution in [2.75, 3.05) is 25.0 Å². The minimum Gasteiger partial charge on any atom is -0.466 e. The second-order valence-electron chi connectivity index (χ2n) is 4.49. The van der Waals surface area contributed by atoms with Gasteiger partial charge < -0.3 is 15.4 Å². The molecule has 0 bridgehead atoms. The third-order valence-electron chi connectivity index (χ3n) is 2.62. The molecule has 1 aromatic heterocycles. The fourth-order valence-electron chi connectivity index (χ4n) is 1.59. The third kappa shape index (κ3) is 6.77. The zero-order chi connectivity index (χ0) is 17.5. The van der Waals surface area contributed by atoms with Crippen molar-refractivity contribution in [3.63, 3.8) is 0 Å². The molecule has 23 heavy (non-hydrogen) atoms. The first kappa shape index (κ1) is 19.1. The lowest BCUT2D eigenvalue weighted by Crippen LogP contribution is -2.23. The van der Waals surface area contributed by atoms with Gasteiger partial charge in [-0.25, -0.2) is 4.98 Å². The van der Waals surface area contributed by atoms with Crippen molar-refractivity contribution in [3.8, 4) is 0 Å². The number of alkyl halides is 3. The number of halogens is 4. The molecule has 1 aromatic rings. The second-order valence-corrected chi connectivity index (χ2v) is 4.90. The minimum atomic E-state index is -4.48. The minimum absolute atomic E-state index is 0.0487. The van der Waals surface area contributed by atoms with Crippen molar-refractivity contribution in [2.24, 2.45) is 0 Å². The molecule has 2 N–H and O–H groups in total. The van der Waals surface area contributed by atoms with Crippen molar-refractivity contribution < 1.29 is 22.7 Å². The van der Waals surface area contributed by atoms with E-state index < -0.39 is 11.7 Å². The van der Waals surface area contributed by atoms with Gasteiger partial charge in [-0.15, -0.1) is 0 Å². The summed E-state index contributed by atoms with van der Waals surface area (Å²) in [4.78, 5) is 14.9. The van der Waals surface area contributed by atoms with Gasteiger partial charge in [0.25, 0.3) is 0 Å². The van der Waals surface area contributed by atoms with E-state index in [1.807, 2.05) is 0 Å². The number of carbonyl (C=O) groups excluding carboxylic acids is 1. The number of hydrogen-bond acceptors (Lipinski definition) is 5. The molecule has 0 radical (unpaired) electrons. The van der Waals surface area contributed by atoms with Gasteiger partial charge >= 0.3 is 12.1 Å². The summed E-state index contributed by atoms with van der Waals surface area (Å²) < 4.78 is 42.2. The highest BCUT2D eigenvalue weighted by atomic mass is 35.5. The van der Waals surface area contributed by atoms with Gasteiger partial charge in [-0.05, 0) is 13.0 Å². The molecule has 0 atom stereocenters. The number of pyridine rings is 1. The Bertz CT molecular complexity index is 565. The quantitative estimate of drug-likeness (QED) is 0.556. The lowest BCUT2D eigenvalue weighted by atomic mass is 10.3. The van der Waals surface area contributed by atoms with Crippen LogP contribution in [0.15, 0.2) is 24.5 Å². The lowest BCUT2D eigenvalue weighted by Gasteiger charge is -2.12. The van der Waals surface area contributed by atoms with E-state index in [2.05, 4.69) is 22.2 Å². The topological polar surface area (TPSA) is 63.2 Å². The van der Waals surface area contributed by atoms with E-state index in [-0.39, 0.29) is 23.2 Å². The highest BCUT2D eigenvalue weighted by molar-refractivity contribution is 6.32. The molecule has 0 aliphatic heterocycles. The van der Waals surface area contributed by atoms with Crippen molar-refractivity contribution in [2.45, 2.75) is 19.5 Å². The molecule has 1 rings (SSSR count). The molecule has 0 saturated carbocycles. The molecule has 0 aliphatic carbocycles. The van der Waals surface area contributed by atoms with Crippen LogP contribution in [-0.2, 0) is 15.7 Å². The summed E-state index contributed by atoms with van der Waals surface area (Å²) in [5.41, 5.74) is -0.425. The first-order chi connectivity index (χ1) is 10.7. The van der Waals surface area contributed by atoms with Crippen LogP contribution in [0.3, 0.4) is 0 Å². The highest BCUT2D eigenvalue weighted by Crippen LogP contribution is 2.32. The number of hydrogen-bond donors (Lipinski definition) is 2. The SMILES string of the molecule is C=C(CC(=O)OCC)NCCNc1ncc(C(F)(F)F)cc1Cl. The molecule has 0 aliphatic rings. The van der Waals surface area contributed by atoms with Crippen LogP contribution in [0.4, 0.5) is 19.0 Å². The molecule has 0 unspecified atom stereocenters. The fourth-order valence-corrected chi connectivity index (χ4v) is 1.83. The van der Waals surface area contributed by atoms with E-state index in [9.17, 15) is 18.0 Å². The highest BCUT2D eigenvalue weighted by Gasteiger charge is 2.31. The number of nitrogens with one attached hydrogen (secondary N) is 2. The van der Waals surface area contributed by atoms with E-state index in [1.165, 1.54) is 0 Å². The Labute approximate surface area is 136 Å². The van der Waals surface area contributed by atoms with Gasteiger partial charge in [0, 0.05) is 25.0 Å². The summed E-state index contributed by atoms with van der Waals surface area (Å²) >= 11 is 5.76. The maximum atomic E-state index is 12.5. The summed E-state index contributed by atoms with van der Waals surface area (Å²) in [6.45, 7) is 6.40. The molecule has 9 heteroatoms. The van der Waals surface area contributed by atoms with Gasteiger partial charge in [0.05, 0.1) is 23.6 Å². The normalized spacial score (nSPS) is 11.0. The molecule has 5 nitrogen and oxygen atoms in total. The van der Waals surface area contributed by atoms with Gasteiger partial charge in [-0.3, -0.25) is 4.79 Å². The van der Waals surface area contributed by atoms with Crippen LogP contribution >= 0.6 is 11.6 Å². The Hall–Kier alpha value is -1.96. The van der Waals surface area contributed by atoms with Crippen molar-refractivity contribution in [1.29, 1.82) is 0 Å². The monoisotopic (exact) mass is 351 g/mol. The van der Waals surface area contributed by atoms with E-state index in [4.69, 9.17) is 16.3 Å². The van der Waals surface area contributed by atoms with Crippen molar-refractivity contribution in [3.05, 3.63) is 35.1 Å².